The van der Waals surface area contributed by atoms with Crippen LogP contribution in [0.3, 0.4) is 0 Å². The van der Waals surface area contributed by atoms with Gasteiger partial charge in [0.25, 0.3) is 0 Å². The first-order valence-electron chi connectivity index (χ1n) is 7.90. The van der Waals surface area contributed by atoms with Gasteiger partial charge in [-0.1, -0.05) is 17.7 Å². The summed E-state index contributed by atoms with van der Waals surface area (Å²) in [4.78, 5) is 4.39. The van der Waals surface area contributed by atoms with Gasteiger partial charge in [-0.05, 0) is 26.8 Å². The zero-order valence-electron chi connectivity index (χ0n) is 15.0. The Balaban J connectivity index is 2.78. The predicted octanol–water partition coefficient (Wildman–Crippen LogP) is 1.17. The lowest BCUT2D eigenvalue weighted by Crippen LogP contribution is -2.39. The summed E-state index contributed by atoms with van der Waals surface area (Å²) >= 11 is 0. The Morgan fingerprint density at radius 3 is 2.67 bits per heavy atom. The van der Waals surface area contributed by atoms with Crippen molar-refractivity contribution in [2.45, 2.75) is 26.8 Å². The smallest absolute Gasteiger partial charge is 0.208 e. The van der Waals surface area contributed by atoms with Crippen molar-refractivity contribution in [3.63, 3.8) is 0 Å². The minimum atomic E-state index is -3.19. The number of rotatable bonds is 8. The average molecular weight is 356 g/mol. The number of benzene rings is 1. The zero-order chi connectivity index (χ0) is 18.2. The van der Waals surface area contributed by atoms with E-state index in [1.807, 2.05) is 32.9 Å². The Labute approximate surface area is 145 Å². The van der Waals surface area contributed by atoms with Gasteiger partial charge in [0.05, 0.1) is 26.0 Å². The molecule has 0 heterocycles. The number of nitrogens with zero attached hydrogens (tertiary/aromatic N) is 1. The Morgan fingerprint density at radius 1 is 1.38 bits per heavy atom. The number of ether oxygens (including phenoxy) is 1. The monoisotopic (exact) mass is 356 g/mol. The van der Waals surface area contributed by atoms with Gasteiger partial charge in [-0.25, -0.2) is 13.1 Å². The molecule has 0 radical (unpaired) electrons. The fourth-order valence-corrected chi connectivity index (χ4v) is 2.66. The second-order valence-corrected chi connectivity index (χ2v) is 7.37. The summed E-state index contributed by atoms with van der Waals surface area (Å²) in [6.07, 6.45) is 1.13. The second kappa shape index (κ2) is 9.48. The zero-order valence-corrected chi connectivity index (χ0v) is 15.8. The molecule has 0 aliphatic rings. The molecule has 1 rings (SSSR count). The molecule has 1 aromatic carbocycles. The first kappa shape index (κ1) is 20.2. The van der Waals surface area contributed by atoms with Gasteiger partial charge in [0, 0.05) is 18.7 Å². The molecule has 0 aliphatic heterocycles. The third kappa shape index (κ3) is 7.18. The Kier molecular flexibility index (Phi) is 8.00. The summed E-state index contributed by atoms with van der Waals surface area (Å²) < 4.78 is 30.0. The molecule has 0 bridgehead atoms. The normalized spacial score (nSPS) is 13.5. The number of methoxy groups -OCH3 is 1. The second-order valence-electron chi connectivity index (χ2n) is 5.54. The van der Waals surface area contributed by atoms with Gasteiger partial charge in [0.2, 0.25) is 10.0 Å². The molecular formula is C16H28N4O3S. The molecule has 1 aromatic rings. The summed E-state index contributed by atoms with van der Waals surface area (Å²) in [5.41, 5.74) is 2.19. The highest BCUT2D eigenvalue weighted by Crippen LogP contribution is 2.25. The lowest BCUT2D eigenvalue weighted by molar-refractivity contribution is 0.405. The number of aliphatic imine (C=N–C) groups is 1. The molecule has 0 amide bonds. The van der Waals surface area contributed by atoms with Crippen LogP contribution in [0.4, 0.5) is 0 Å². The van der Waals surface area contributed by atoms with E-state index in [0.717, 1.165) is 23.1 Å². The maximum Gasteiger partial charge on any atom is 0.208 e. The van der Waals surface area contributed by atoms with Crippen molar-refractivity contribution in [2.24, 2.45) is 4.99 Å². The van der Waals surface area contributed by atoms with Crippen LogP contribution in [-0.4, -0.2) is 47.4 Å². The molecule has 3 N–H and O–H groups in total. The third-order valence-electron chi connectivity index (χ3n) is 3.30. The first-order chi connectivity index (χ1) is 11.3. The minimum absolute atomic E-state index is 0.0134. The molecular weight excluding hydrogens is 328 g/mol. The number of hydrogen-bond acceptors (Lipinski definition) is 4. The van der Waals surface area contributed by atoms with Crippen molar-refractivity contribution < 1.29 is 13.2 Å². The van der Waals surface area contributed by atoms with Gasteiger partial charge in [-0.3, -0.25) is 4.99 Å². The molecule has 136 valence electrons. The highest BCUT2D eigenvalue weighted by Gasteiger charge is 2.13. The number of guanidine groups is 1. The molecule has 0 saturated heterocycles. The van der Waals surface area contributed by atoms with E-state index in [-0.39, 0.29) is 12.6 Å². The lowest BCUT2D eigenvalue weighted by atomic mass is 10.0. The standard InChI is InChI=1S/C16H28N4O3S/c1-6-17-16(18-9-10-19-24(5,21)22)20-13(3)14-11-12(2)7-8-15(14)23-4/h7-8,11,13,19H,6,9-10H2,1-5H3,(H2,17,18,20). The van der Waals surface area contributed by atoms with Crippen molar-refractivity contribution in [2.75, 3.05) is 33.0 Å². The van der Waals surface area contributed by atoms with E-state index in [9.17, 15) is 8.42 Å². The van der Waals surface area contributed by atoms with E-state index in [4.69, 9.17) is 4.74 Å². The van der Waals surface area contributed by atoms with E-state index in [2.05, 4.69) is 26.4 Å². The minimum Gasteiger partial charge on any atom is -0.496 e. The molecule has 0 spiro atoms. The van der Waals surface area contributed by atoms with Crippen molar-refractivity contribution in [3.8, 4) is 5.75 Å². The summed E-state index contributed by atoms with van der Waals surface area (Å²) in [6, 6.07) is 6.01. The number of sulfonamides is 1. The SMILES string of the molecule is CCNC(=NCCNS(C)(=O)=O)NC(C)c1cc(C)ccc1OC. The summed E-state index contributed by atoms with van der Waals surface area (Å²) in [7, 11) is -1.54. The first-order valence-corrected chi connectivity index (χ1v) is 9.80. The Bertz CT molecular complexity index is 659. The quantitative estimate of drug-likeness (QED) is 0.369. The van der Waals surface area contributed by atoms with Gasteiger partial charge < -0.3 is 15.4 Å². The molecule has 7 nitrogen and oxygen atoms in total. The maximum absolute atomic E-state index is 11.1. The fraction of sp³-hybridized carbons (Fsp3) is 0.562. The van der Waals surface area contributed by atoms with Crippen molar-refractivity contribution >= 4 is 16.0 Å². The average Bonchev–Trinajstić information content (AvgIpc) is 2.50. The Morgan fingerprint density at radius 2 is 2.08 bits per heavy atom. The highest BCUT2D eigenvalue weighted by atomic mass is 32.2. The molecule has 1 atom stereocenters. The van der Waals surface area contributed by atoms with Crippen LogP contribution in [0, 0.1) is 6.92 Å². The molecule has 1 unspecified atom stereocenters. The van der Waals surface area contributed by atoms with Crippen LogP contribution in [0.25, 0.3) is 0 Å². The van der Waals surface area contributed by atoms with E-state index < -0.39 is 10.0 Å². The summed E-state index contributed by atoms with van der Waals surface area (Å²) in [6.45, 7) is 7.36. The van der Waals surface area contributed by atoms with Crippen molar-refractivity contribution in [3.05, 3.63) is 29.3 Å². The number of hydrogen-bond donors (Lipinski definition) is 3. The van der Waals surface area contributed by atoms with E-state index >= 15 is 0 Å². The summed E-state index contributed by atoms with van der Waals surface area (Å²) in [5.74, 6) is 1.44. The molecule has 24 heavy (non-hydrogen) atoms. The van der Waals surface area contributed by atoms with Crippen LogP contribution in [0.1, 0.15) is 31.0 Å². The third-order valence-corrected chi connectivity index (χ3v) is 4.02. The topological polar surface area (TPSA) is 91.8 Å². The largest absolute Gasteiger partial charge is 0.496 e. The van der Waals surface area contributed by atoms with Gasteiger partial charge in [-0.15, -0.1) is 0 Å². The molecule has 0 fully saturated rings. The molecule has 8 heteroatoms. The van der Waals surface area contributed by atoms with E-state index in [1.54, 1.807) is 7.11 Å². The summed E-state index contributed by atoms with van der Waals surface area (Å²) in [5, 5.41) is 6.47. The van der Waals surface area contributed by atoms with Crippen LogP contribution >= 0.6 is 0 Å². The van der Waals surface area contributed by atoms with Crippen molar-refractivity contribution in [1.29, 1.82) is 0 Å². The fourth-order valence-electron chi connectivity index (χ4n) is 2.19. The maximum atomic E-state index is 11.1. The van der Waals surface area contributed by atoms with Crippen LogP contribution in [-0.2, 0) is 10.0 Å². The highest BCUT2D eigenvalue weighted by molar-refractivity contribution is 7.88. The van der Waals surface area contributed by atoms with Gasteiger partial charge in [0.1, 0.15) is 5.75 Å². The molecule has 0 aliphatic carbocycles. The van der Waals surface area contributed by atoms with Crippen LogP contribution in [0.5, 0.6) is 5.75 Å². The molecule has 0 aromatic heterocycles. The van der Waals surface area contributed by atoms with Gasteiger partial charge in [-0.2, -0.15) is 0 Å². The van der Waals surface area contributed by atoms with Gasteiger partial charge in [0.15, 0.2) is 5.96 Å². The van der Waals surface area contributed by atoms with Crippen LogP contribution in [0.15, 0.2) is 23.2 Å². The number of aryl methyl sites for hydroxylation is 1. The van der Waals surface area contributed by atoms with Crippen molar-refractivity contribution in [1.82, 2.24) is 15.4 Å². The predicted molar refractivity (Wildman–Crippen MR) is 98.1 cm³/mol. The Hall–Kier alpha value is -1.80. The number of nitrogens with one attached hydrogen (secondary N) is 3. The van der Waals surface area contributed by atoms with Crippen LogP contribution < -0.4 is 20.1 Å². The van der Waals surface area contributed by atoms with Crippen LogP contribution in [0.2, 0.25) is 0 Å². The van der Waals surface area contributed by atoms with E-state index in [1.165, 1.54) is 0 Å². The molecule has 0 saturated carbocycles. The van der Waals surface area contributed by atoms with E-state index in [0.29, 0.717) is 19.0 Å². The lowest BCUT2D eigenvalue weighted by Gasteiger charge is -2.20. The van der Waals surface area contributed by atoms with Gasteiger partial charge >= 0.3 is 0 Å².